The van der Waals surface area contributed by atoms with Crippen molar-refractivity contribution in [3.63, 3.8) is 0 Å². The topological polar surface area (TPSA) is 85.3 Å². The van der Waals surface area contributed by atoms with Crippen LogP contribution >= 0.6 is 0 Å². The Hall–Kier alpha value is -2.44. The monoisotopic (exact) mass is 308 g/mol. The largest absolute Gasteiger partial charge is 0.477 e. The van der Waals surface area contributed by atoms with E-state index >= 15 is 0 Å². The molecule has 1 heterocycles. The molecule has 0 bridgehead atoms. The molecule has 2 atom stereocenters. The zero-order valence-corrected chi connectivity index (χ0v) is 12.0. The van der Waals surface area contributed by atoms with E-state index in [4.69, 9.17) is 10.8 Å². The van der Waals surface area contributed by atoms with Crippen LogP contribution in [0.5, 0.6) is 0 Å². The lowest BCUT2D eigenvalue weighted by atomic mass is 10.0. The van der Waals surface area contributed by atoms with Gasteiger partial charge in [0, 0.05) is 17.8 Å². The Morgan fingerprint density at radius 2 is 2.00 bits per heavy atom. The number of anilines is 1. The Morgan fingerprint density at radius 1 is 1.41 bits per heavy atom. The van der Waals surface area contributed by atoms with Crippen molar-refractivity contribution in [2.45, 2.75) is 26.3 Å². The summed E-state index contributed by atoms with van der Waals surface area (Å²) < 4.78 is 29.9. The molecule has 1 aromatic heterocycles. The zero-order valence-electron chi connectivity index (χ0n) is 12.0. The number of nitrogens with zero attached hydrogens (tertiary/aromatic N) is 1. The summed E-state index contributed by atoms with van der Waals surface area (Å²) in [5.74, 6) is -3.14. The number of hydrogen-bond donors (Lipinski definition) is 2. The van der Waals surface area contributed by atoms with Crippen LogP contribution in [0.2, 0.25) is 0 Å². The van der Waals surface area contributed by atoms with Crippen molar-refractivity contribution in [2.24, 2.45) is 5.92 Å². The van der Waals surface area contributed by atoms with Crippen LogP contribution in [0.4, 0.5) is 14.5 Å². The van der Waals surface area contributed by atoms with E-state index in [0.717, 1.165) is 12.6 Å². The second-order valence-corrected chi connectivity index (χ2v) is 5.75. The normalized spacial score (nSPS) is 20.4. The molecule has 0 unspecified atom stereocenters. The van der Waals surface area contributed by atoms with E-state index < -0.39 is 39.7 Å². The predicted molar refractivity (Wildman–Crippen MR) is 77.1 cm³/mol. The fourth-order valence-corrected chi connectivity index (χ4v) is 2.80. The van der Waals surface area contributed by atoms with Gasteiger partial charge in [-0.15, -0.1) is 0 Å². The molecule has 7 heteroatoms. The molecule has 0 radical (unpaired) electrons. The summed E-state index contributed by atoms with van der Waals surface area (Å²) in [4.78, 5) is 23.5. The Morgan fingerprint density at radius 3 is 2.50 bits per heavy atom. The van der Waals surface area contributed by atoms with Gasteiger partial charge in [0.25, 0.3) is 0 Å². The number of hydrogen-bond acceptors (Lipinski definition) is 3. The fraction of sp³-hybridized carbons (Fsp3) is 0.333. The van der Waals surface area contributed by atoms with Crippen LogP contribution in [-0.4, -0.2) is 15.6 Å². The third-order valence-electron chi connectivity index (χ3n) is 4.26. The number of nitrogens with two attached hydrogens (primary N) is 1. The molecule has 1 aromatic carbocycles. The van der Waals surface area contributed by atoms with E-state index in [1.54, 1.807) is 0 Å². The quantitative estimate of drug-likeness (QED) is 0.834. The van der Waals surface area contributed by atoms with Crippen molar-refractivity contribution in [1.29, 1.82) is 0 Å². The van der Waals surface area contributed by atoms with Gasteiger partial charge in [-0.2, -0.15) is 0 Å². The van der Waals surface area contributed by atoms with Crippen molar-refractivity contribution in [3.05, 3.63) is 39.2 Å². The first-order valence-electron chi connectivity index (χ1n) is 6.80. The number of rotatable bonds is 2. The maximum absolute atomic E-state index is 14.5. The Kier molecular flexibility index (Phi) is 2.98. The lowest BCUT2D eigenvalue weighted by molar-refractivity contribution is 0.0695. The van der Waals surface area contributed by atoms with Gasteiger partial charge in [0.05, 0.1) is 16.6 Å². The van der Waals surface area contributed by atoms with Gasteiger partial charge in [0.1, 0.15) is 5.56 Å². The fourth-order valence-electron chi connectivity index (χ4n) is 2.80. The van der Waals surface area contributed by atoms with Gasteiger partial charge in [-0.3, -0.25) is 4.79 Å². The van der Waals surface area contributed by atoms with Crippen LogP contribution < -0.4 is 11.2 Å². The summed E-state index contributed by atoms with van der Waals surface area (Å²) in [6.07, 6.45) is 1.85. The highest BCUT2D eigenvalue weighted by Crippen LogP contribution is 2.45. The minimum absolute atomic E-state index is 0.124. The van der Waals surface area contributed by atoms with Gasteiger partial charge in [-0.25, -0.2) is 13.6 Å². The highest BCUT2D eigenvalue weighted by Gasteiger charge is 2.37. The first-order chi connectivity index (χ1) is 10.3. The van der Waals surface area contributed by atoms with E-state index in [2.05, 4.69) is 0 Å². The molecule has 22 heavy (non-hydrogen) atoms. The summed E-state index contributed by atoms with van der Waals surface area (Å²) in [5.41, 5.74) is 3.21. The lowest BCUT2D eigenvalue weighted by Gasteiger charge is -2.16. The Bertz CT molecular complexity index is 889. The number of halogens is 2. The first kappa shape index (κ1) is 14.5. The van der Waals surface area contributed by atoms with E-state index in [1.165, 1.54) is 11.5 Å². The van der Waals surface area contributed by atoms with E-state index in [1.807, 2.05) is 6.92 Å². The van der Waals surface area contributed by atoms with Crippen molar-refractivity contribution >= 4 is 22.6 Å². The van der Waals surface area contributed by atoms with Crippen molar-refractivity contribution in [3.8, 4) is 0 Å². The average molecular weight is 308 g/mol. The summed E-state index contributed by atoms with van der Waals surface area (Å²) in [6.45, 7) is 3.16. The molecule has 1 fully saturated rings. The molecular formula is C15H14F2N2O3. The number of pyridine rings is 1. The van der Waals surface area contributed by atoms with Gasteiger partial charge in [0.15, 0.2) is 11.6 Å². The van der Waals surface area contributed by atoms with Gasteiger partial charge in [-0.05, 0) is 19.3 Å². The van der Waals surface area contributed by atoms with Crippen molar-refractivity contribution in [1.82, 2.24) is 4.57 Å². The molecule has 0 aliphatic heterocycles. The average Bonchev–Trinajstić information content (AvgIpc) is 3.18. The van der Waals surface area contributed by atoms with Gasteiger partial charge in [0.2, 0.25) is 5.43 Å². The molecule has 116 valence electrons. The smallest absolute Gasteiger partial charge is 0.341 e. The maximum Gasteiger partial charge on any atom is 0.341 e. The number of carbonyl (C=O) groups is 1. The number of carboxylic acids is 1. The molecule has 1 aliphatic carbocycles. The number of aromatic carboxylic acids is 1. The number of carboxylic acid groups (broad SMARTS) is 1. The highest BCUT2D eigenvalue weighted by molar-refractivity contribution is 5.98. The number of nitrogen functional groups attached to an aromatic ring is 1. The van der Waals surface area contributed by atoms with Crippen LogP contribution in [0.25, 0.3) is 10.9 Å². The molecule has 0 saturated heterocycles. The second-order valence-electron chi connectivity index (χ2n) is 5.75. The molecule has 5 nitrogen and oxygen atoms in total. The van der Waals surface area contributed by atoms with E-state index in [9.17, 15) is 18.4 Å². The second kappa shape index (κ2) is 4.53. The molecule has 3 N–H and O–H groups in total. The highest BCUT2D eigenvalue weighted by atomic mass is 19.1. The summed E-state index contributed by atoms with van der Waals surface area (Å²) in [7, 11) is 0. The van der Waals surface area contributed by atoms with Crippen LogP contribution in [0, 0.1) is 24.5 Å². The predicted octanol–water partition coefficient (Wildman–Crippen LogP) is 2.45. The van der Waals surface area contributed by atoms with Gasteiger partial charge < -0.3 is 15.4 Å². The SMILES string of the molecule is Cc1c(F)c(N)c2c(=O)c(C(=O)O)cn([C@@H]3C[C@@H]3C)c2c1F. The Balaban J connectivity index is 2.56. The Labute approximate surface area is 124 Å². The third-order valence-corrected chi connectivity index (χ3v) is 4.26. The molecule has 3 rings (SSSR count). The van der Waals surface area contributed by atoms with Crippen molar-refractivity contribution < 1.29 is 18.7 Å². The van der Waals surface area contributed by atoms with Gasteiger partial charge in [-0.1, -0.05) is 6.92 Å². The molecule has 1 aliphatic rings. The van der Waals surface area contributed by atoms with Crippen LogP contribution in [0.15, 0.2) is 11.0 Å². The number of benzene rings is 1. The molecular weight excluding hydrogens is 294 g/mol. The summed E-state index contributed by atoms with van der Waals surface area (Å²) in [5, 5.41) is 8.76. The van der Waals surface area contributed by atoms with Crippen molar-refractivity contribution in [2.75, 3.05) is 5.73 Å². The van der Waals surface area contributed by atoms with Crippen LogP contribution in [0.1, 0.15) is 35.3 Å². The molecule has 1 saturated carbocycles. The van der Waals surface area contributed by atoms with E-state index in [0.29, 0.717) is 0 Å². The minimum atomic E-state index is -1.45. The lowest BCUT2D eigenvalue weighted by Crippen LogP contribution is -2.21. The van der Waals surface area contributed by atoms with Gasteiger partial charge >= 0.3 is 5.97 Å². The molecule has 0 amide bonds. The van der Waals surface area contributed by atoms with E-state index in [-0.39, 0.29) is 23.0 Å². The number of fused-ring (bicyclic) bond motifs is 1. The summed E-state index contributed by atoms with van der Waals surface area (Å²) >= 11 is 0. The van der Waals surface area contributed by atoms with Crippen LogP contribution in [-0.2, 0) is 0 Å². The molecule has 2 aromatic rings. The standard InChI is InChI=1S/C15H14F2N2O3/c1-5-3-8(5)19-4-7(15(21)22)14(20)9-12(18)10(16)6(2)11(17)13(9)19/h4-5,8H,3,18H2,1-2H3,(H,21,22)/t5-,8+/m0/s1. The maximum atomic E-state index is 14.5. The zero-order chi connectivity index (χ0) is 16.3. The third kappa shape index (κ3) is 1.81. The minimum Gasteiger partial charge on any atom is -0.477 e. The number of aromatic nitrogens is 1. The van der Waals surface area contributed by atoms with Crippen LogP contribution in [0.3, 0.4) is 0 Å². The molecule has 0 spiro atoms. The first-order valence-corrected chi connectivity index (χ1v) is 6.80. The summed E-state index contributed by atoms with van der Waals surface area (Å²) in [6, 6.07) is -0.125.